The van der Waals surface area contributed by atoms with Crippen LogP contribution >= 0.6 is 15.9 Å². The van der Waals surface area contributed by atoms with Crippen LogP contribution in [0.4, 0.5) is 0 Å². The van der Waals surface area contributed by atoms with Gasteiger partial charge in [0.15, 0.2) is 0 Å². The van der Waals surface area contributed by atoms with Gasteiger partial charge in [0.05, 0.1) is 0 Å². The molecular formula is C19H22BrN. The maximum atomic E-state index is 3.62. The van der Waals surface area contributed by atoms with E-state index in [1.54, 1.807) is 0 Å². The van der Waals surface area contributed by atoms with E-state index < -0.39 is 0 Å². The van der Waals surface area contributed by atoms with E-state index in [-0.39, 0.29) is 0 Å². The lowest BCUT2D eigenvalue weighted by molar-refractivity contribution is 0.231. The highest BCUT2D eigenvalue weighted by Crippen LogP contribution is 2.27. The molecule has 0 bridgehead atoms. The molecule has 2 aromatic carbocycles. The van der Waals surface area contributed by atoms with E-state index in [9.17, 15) is 0 Å². The predicted octanol–water partition coefficient (Wildman–Crippen LogP) is 5.14. The van der Waals surface area contributed by atoms with Crippen LogP contribution in [0.15, 0.2) is 53.0 Å². The molecule has 0 atom stereocenters. The van der Waals surface area contributed by atoms with Crippen LogP contribution in [0, 0.1) is 0 Å². The first-order valence-corrected chi connectivity index (χ1v) is 8.68. The zero-order chi connectivity index (χ0) is 14.5. The van der Waals surface area contributed by atoms with Gasteiger partial charge < -0.3 is 4.90 Å². The van der Waals surface area contributed by atoms with E-state index >= 15 is 0 Å². The van der Waals surface area contributed by atoms with Crippen LogP contribution in [0.1, 0.15) is 24.8 Å². The lowest BCUT2D eigenvalue weighted by Crippen LogP contribution is -2.31. The van der Waals surface area contributed by atoms with Gasteiger partial charge in [0, 0.05) is 11.0 Å². The Bertz CT molecular complexity index is 573. The van der Waals surface area contributed by atoms with E-state index in [0.29, 0.717) is 0 Å². The van der Waals surface area contributed by atoms with Gasteiger partial charge in [-0.2, -0.15) is 0 Å². The third kappa shape index (κ3) is 3.96. The first-order chi connectivity index (χ1) is 10.3. The monoisotopic (exact) mass is 343 g/mol. The summed E-state index contributed by atoms with van der Waals surface area (Å²) in [5, 5.41) is 0. The van der Waals surface area contributed by atoms with Crippen LogP contribution in [-0.2, 0) is 6.42 Å². The first kappa shape index (κ1) is 14.8. The molecule has 1 aliphatic rings. The minimum absolute atomic E-state index is 1.13. The van der Waals surface area contributed by atoms with Crippen molar-refractivity contribution in [2.75, 3.05) is 19.6 Å². The zero-order valence-electron chi connectivity index (χ0n) is 12.4. The Labute approximate surface area is 136 Å². The number of halogens is 1. The van der Waals surface area contributed by atoms with Crippen molar-refractivity contribution in [2.45, 2.75) is 25.7 Å². The van der Waals surface area contributed by atoms with Gasteiger partial charge in [-0.25, -0.2) is 0 Å². The summed E-state index contributed by atoms with van der Waals surface area (Å²) in [6, 6.07) is 17.4. The van der Waals surface area contributed by atoms with Gasteiger partial charge in [-0.3, -0.25) is 0 Å². The number of likely N-dealkylation sites (tertiary alicyclic amines) is 1. The van der Waals surface area contributed by atoms with Crippen molar-refractivity contribution in [3.05, 3.63) is 58.6 Å². The molecule has 1 heterocycles. The van der Waals surface area contributed by atoms with Crippen LogP contribution in [0.3, 0.4) is 0 Å². The Morgan fingerprint density at radius 1 is 0.905 bits per heavy atom. The second-order valence-corrected chi connectivity index (χ2v) is 6.74. The number of rotatable bonds is 4. The molecule has 0 aromatic heterocycles. The maximum Gasteiger partial charge on any atom is 0.0178 e. The second-order valence-electron chi connectivity index (χ2n) is 5.82. The van der Waals surface area contributed by atoms with Gasteiger partial charge in [0.25, 0.3) is 0 Å². The van der Waals surface area contributed by atoms with Gasteiger partial charge in [-0.05, 0) is 61.2 Å². The van der Waals surface area contributed by atoms with Gasteiger partial charge in [0.1, 0.15) is 0 Å². The van der Waals surface area contributed by atoms with Crippen LogP contribution in [0.2, 0.25) is 0 Å². The molecule has 0 N–H and O–H groups in total. The summed E-state index contributed by atoms with van der Waals surface area (Å²) in [5.41, 5.74) is 4.13. The summed E-state index contributed by atoms with van der Waals surface area (Å²) in [6.07, 6.45) is 5.26. The van der Waals surface area contributed by atoms with Gasteiger partial charge in [0.2, 0.25) is 0 Å². The molecule has 1 nitrogen and oxygen atoms in total. The van der Waals surface area contributed by atoms with Crippen molar-refractivity contribution in [2.24, 2.45) is 0 Å². The summed E-state index contributed by atoms with van der Waals surface area (Å²) < 4.78 is 1.18. The fraction of sp³-hybridized carbons (Fsp3) is 0.368. The van der Waals surface area contributed by atoms with Crippen molar-refractivity contribution in [1.29, 1.82) is 0 Å². The first-order valence-electron chi connectivity index (χ1n) is 7.89. The number of benzene rings is 2. The number of piperidine rings is 1. The zero-order valence-corrected chi connectivity index (χ0v) is 14.0. The molecule has 0 radical (unpaired) electrons. The Balaban J connectivity index is 1.78. The van der Waals surface area contributed by atoms with Crippen LogP contribution in [0.5, 0.6) is 0 Å². The predicted molar refractivity (Wildman–Crippen MR) is 93.6 cm³/mol. The molecule has 0 saturated carbocycles. The Kier molecular flexibility index (Phi) is 5.10. The Hall–Kier alpha value is -1.12. The fourth-order valence-corrected chi connectivity index (χ4v) is 3.54. The van der Waals surface area contributed by atoms with Gasteiger partial charge in [-0.15, -0.1) is 0 Å². The van der Waals surface area contributed by atoms with E-state index in [4.69, 9.17) is 0 Å². The maximum absolute atomic E-state index is 3.62. The summed E-state index contributed by atoms with van der Waals surface area (Å²) in [4.78, 5) is 2.61. The highest BCUT2D eigenvalue weighted by atomic mass is 79.9. The van der Waals surface area contributed by atoms with E-state index in [1.165, 1.54) is 60.1 Å². The lowest BCUT2D eigenvalue weighted by atomic mass is 9.97. The molecule has 0 amide bonds. The SMILES string of the molecule is Brc1ccc(-c2ccccc2)c(CCN2CCCCC2)c1. The van der Waals surface area contributed by atoms with Gasteiger partial charge >= 0.3 is 0 Å². The van der Waals surface area contributed by atoms with Crippen molar-refractivity contribution in [3.63, 3.8) is 0 Å². The molecule has 1 saturated heterocycles. The standard InChI is InChI=1S/C19H22BrN/c20-18-9-10-19(16-7-3-1-4-8-16)17(15-18)11-14-21-12-5-2-6-13-21/h1,3-4,7-10,15H,2,5-6,11-14H2. The molecule has 2 heteroatoms. The minimum Gasteiger partial charge on any atom is -0.303 e. The largest absolute Gasteiger partial charge is 0.303 e. The summed E-state index contributed by atoms with van der Waals surface area (Å²) in [7, 11) is 0. The molecule has 1 fully saturated rings. The molecule has 0 aliphatic carbocycles. The number of hydrogen-bond acceptors (Lipinski definition) is 1. The van der Waals surface area contributed by atoms with E-state index in [2.05, 4.69) is 69.4 Å². The molecule has 2 aromatic rings. The average molecular weight is 344 g/mol. The minimum atomic E-state index is 1.13. The van der Waals surface area contributed by atoms with E-state index in [1.807, 2.05) is 0 Å². The van der Waals surface area contributed by atoms with Crippen molar-refractivity contribution in [3.8, 4) is 11.1 Å². The number of hydrogen-bond donors (Lipinski definition) is 0. The molecular weight excluding hydrogens is 322 g/mol. The van der Waals surface area contributed by atoms with E-state index in [0.717, 1.165) is 6.42 Å². The van der Waals surface area contributed by atoms with Crippen molar-refractivity contribution >= 4 is 15.9 Å². The smallest absolute Gasteiger partial charge is 0.0178 e. The quantitative estimate of drug-likeness (QED) is 0.742. The molecule has 21 heavy (non-hydrogen) atoms. The molecule has 0 unspecified atom stereocenters. The molecule has 3 rings (SSSR count). The normalized spacial score (nSPS) is 16.0. The van der Waals surface area contributed by atoms with Crippen LogP contribution < -0.4 is 0 Å². The average Bonchev–Trinajstić information content (AvgIpc) is 2.55. The van der Waals surface area contributed by atoms with Crippen molar-refractivity contribution in [1.82, 2.24) is 4.90 Å². The highest BCUT2D eigenvalue weighted by molar-refractivity contribution is 9.10. The molecule has 0 spiro atoms. The van der Waals surface area contributed by atoms with Crippen molar-refractivity contribution < 1.29 is 0 Å². The fourth-order valence-electron chi connectivity index (χ4n) is 3.13. The summed E-state index contributed by atoms with van der Waals surface area (Å²) >= 11 is 3.62. The van der Waals surface area contributed by atoms with Crippen LogP contribution in [-0.4, -0.2) is 24.5 Å². The summed E-state index contributed by atoms with van der Waals surface area (Å²) in [6.45, 7) is 3.72. The topological polar surface area (TPSA) is 3.24 Å². The lowest BCUT2D eigenvalue weighted by Gasteiger charge is -2.26. The van der Waals surface area contributed by atoms with Gasteiger partial charge in [-0.1, -0.05) is 58.7 Å². The highest BCUT2D eigenvalue weighted by Gasteiger charge is 2.12. The molecule has 110 valence electrons. The van der Waals surface area contributed by atoms with Crippen LogP contribution in [0.25, 0.3) is 11.1 Å². The number of nitrogens with zero attached hydrogens (tertiary/aromatic N) is 1. The third-order valence-electron chi connectivity index (χ3n) is 4.30. The Morgan fingerprint density at radius 2 is 1.67 bits per heavy atom. The summed E-state index contributed by atoms with van der Waals surface area (Å²) in [5.74, 6) is 0. The Morgan fingerprint density at radius 3 is 2.43 bits per heavy atom. The second kappa shape index (κ2) is 7.24. The molecule has 1 aliphatic heterocycles. The third-order valence-corrected chi connectivity index (χ3v) is 4.79.